The minimum absolute atomic E-state index is 0.0249. The molecule has 0 aromatic heterocycles. The number of anilines is 1. The molecule has 1 spiro atoms. The highest BCUT2D eigenvalue weighted by Gasteiger charge is 2.77. The number of nitrogens with zero attached hydrogens (tertiary/aromatic N) is 1. The lowest BCUT2D eigenvalue weighted by Crippen LogP contribution is -2.56. The number of carbonyl (C=O) groups excluding carboxylic acids is 3. The van der Waals surface area contributed by atoms with Crippen LogP contribution in [0.1, 0.15) is 45.6 Å². The second-order valence-corrected chi connectivity index (χ2v) is 13.6. The number of aliphatic hydroxyl groups excluding tert-OH is 1. The number of nitrogens with one attached hydrogen (secondary N) is 2. The zero-order valence-corrected chi connectivity index (χ0v) is 24.1. The predicted molar refractivity (Wildman–Crippen MR) is 154 cm³/mol. The first-order valence-electron chi connectivity index (χ1n) is 13.7. The Hall–Kier alpha value is -2.55. The van der Waals surface area contributed by atoms with Crippen LogP contribution in [0.25, 0.3) is 0 Å². The van der Waals surface area contributed by atoms with Crippen molar-refractivity contribution in [1.82, 2.24) is 10.2 Å². The Morgan fingerprint density at radius 2 is 1.82 bits per heavy atom. The van der Waals surface area contributed by atoms with Crippen molar-refractivity contribution in [3.05, 3.63) is 65.2 Å². The first kappa shape index (κ1) is 28.0. The number of thioether (sulfide) groups is 1. The van der Waals surface area contributed by atoms with E-state index in [1.165, 1.54) is 0 Å². The molecule has 2 bridgehead atoms. The number of fused-ring (bicyclic) bond motifs is 1. The van der Waals surface area contributed by atoms with Crippen LogP contribution in [0.5, 0.6) is 0 Å². The van der Waals surface area contributed by atoms with Crippen molar-refractivity contribution in [3.8, 4) is 0 Å². The summed E-state index contributed by atoms with van der Waals surface area (Å²) in [7, 11) is 0. The van der Waals surface area contributed by atoms with Crippen molar-refractivity contribution in [1.29, 1.82) is 0 Å². The molecule has 3 aliphatic rings. The summed E-state index contributed by atoms with van der Waals surface area (Å²) in [6.07, 6.45) is 2.13. The van der Waals surface area contributed by atoms with Crippen molar-refractivity contribution >= 4 is 46.8 Å². The van der Waals surface area contributed by atoms with Gasteiger partial charge in [-0.3, -0.25) is 14.4 Å². The van der Waals surface area contributed by atoms with E-state index in [0.717, 1.165) is 18.4 Å². The van der Waals surface area contributed by atoms with Crippen LogP contribution in [0, 0.1) is 17.8 Å². The normalized spacial score (nSPS) is 30.6. The largest absolute Gasteiger partial charge is 0.394 e. The zero-order chi connectivity index (χ0) is 27.9. The molecule has 3 aliphatic heterocycles. The first-order valence-corrected chi connectivity index (χ1v) is 14.9. The van der Waals surface area contributed by atoms with E-state index in [0.29, 0.717) is 23.7 Å². The van der Waals surface area contributed by atoms with Crippen molar-refractivity contribution < 1.29 is 19.5 Å². The Balaban J connectivity index is 1.51. The van der Waals surface area contributed by atoms with Crippen molar-refractivity contribution in [2.45, 2.75) is 68.2 Å². The lowest BCUT2D eigenvalue weighted by Gasteiger charge is -2.39. The Kier molecular flexibility index (Phi) is 7.74. The minimum atomic E-state index is -0.810. The Bertz CT molecular complexity index is 1240. The van der Waals surface area contributed by atoms with E-state index in [2.05, 4.69) is 17.6 Å². The molecule has 3 amide bonds. The van der Waals surface area contributed by atoms with E-state index in [9.17, 15) is 19.5 Å². The summed E-state index contributed by atoms with van der Waals surface area (Å²) in [5, 5.41) is 17.1. The third-order valence-corrected chi connectivity index (χ3v) is 11.2. The van der Waals surface area contributed by atoms with Gasteiger partial charge in [0.1, 0.15) is 6.04 Å². The number of halogens is 1. The molecule has 3 saturated heterocycles. The van der Waals surface area contributed by atoms with Crippen LogP contribution in [0.2, 0.25) is 5.02 Å². The van der Waals surface area contributed by atoms with Gasteiger partial charge in [-0.05, 0) is 55.5 Å². The molecular weight excluding hydrogens is 534 g/mol. The Morgan fingerprint density at radius 3 is 2.46 bits per heavy atom. The maximum Gasteiger partial charge on any atom is 0.248 e. The number of amides is 3. The molecule has 7 nitrogen and oxygen atoms in total. The van der Waals surface area contributed by atoms with E-state index < -0.39 is 33.4 Å². The van der Waals surface area contributed by atoms with Gasteiger partial charge in [-0.15, -0.1) is 11.8 Å². The Morgan fingerprint density at radius 1 is 1.13 bits per heavy atom. The molecule has 2 aromatic rings. The molecular formula is C30H36ClN3O4S. The molecule has 3 N–H and O–H groups in total. The molecule has 39 heavy (non-hydrogen) atoms. The van der Waals surface area contributed by atoms with Gasteiger partial charge in [0.25, 0.3) is 0 Å². The van der Waals surface area contributed by atoms with E-state index in [1.54, 1.807) is 40.9 Å². The first-order chi connectivity index (χ1) is 18.6. The molecule has 3 heterocycles. The number of likely N-dealkylation sites (tertiary alicyclic amines) is 1. The summed E-state index contributed by atoms with van der Waals surface area (Å²) in [5.41, 5.74) is 1.57. The average molecular weight is 570 g/mol. The molecule has 5 rings (SSSR count). The van der Waals surface area contributed by atoms with Gasteiger partial charge in [0.15, 0.2) is 0 Å². The Labute approximate surface area is 239 Å². The molecule has 0 aliphatic carbocycles. The zero-order valence-electron chi connectivity index (χ0n) is 22.5. The number of aliphatic hydroxyl groups is 1. The molecule has 0 saturated carbocycles. The third kappa shape index (κ3) is 4.74. The van der Waals surface area contributed by atoms with Gasteiger partial charge in [0.05, 0.1) is 29.2 Å². The molecule has 0 radical (unpaired) electrons. The van der Waals surface area contributed by atoms with Crippen molar-refractivity contribution in [2.24, 2.45) is 17.8 Å². The van der Waals surface area contributed by atoms with E-state index in [1.807, 2.05) is 44.2 Å². The smallest absolute Gasteiger partial charge is 0.248 e. The quantitative estimate of drug-likeness (QED) is 0.413. The summed E-state index contributed by atoms with van der Waals surface area (Å²) < 4.78 is -1.21. The monoisotopic (exact) mass is 569 g/mol. The highest BCUT2D eigenvalue weighted by atomic mass is 35.5. The van der Waals surface area contributed by atoms with Crippen LogP contribution < -0.4 is 10.6 Å². The van der Waals surface area contributed by atoms with Crippen LogP contribution in [-0.4, -0.2) is 55.9 Å². The van der Waals surface area contributed by atoms with Crippen LogP contribution in [-0.2, 0) is 20.9 Å². The summed E-state index contributed by atoms with van der Waals surface area (Å²) >= 11 is 7.67. The number of carbonyl (C=O) groups is 3. The van der Waals surface area contributed by atoms with Gasteiger partial charge >= 0.3 is 0 Å². The summed E-state index contributed by atoms with van der Waals surface area (Å²) in [6.45, 7) is 6.19. The fourth-order valence-corrected chi connectivity index (χ4v) is 9.34. The fourth-order valence-electron chi connectivity index (χ4n) is 6.87. The van der Waals surface area contributed by atoms with Crippen LogP contribution in [0.15, 0.2) is 54.6 Å². The highest BCUT2D eigenvalue weighted by Crippen LogP contribution is 2.71. The van der Waals surface area contributed by atoms with Crippen LogP contribution in [0.3, 0.4) is 0 Å². The van der Waals surface area contributed by atoms with Crippen LogP contribution >= 0.6 is 23.4 Å². The SMILES string of the molecule is CC[C@H](C)[C@H](CO)N1C(=O)[C@@H]2[C@@H](C(=O)NCc3ccccc3)[C@@]3(C)CCC2(S3)C1C(=O)Nc1ccc(Cl)cc1. The predicted octanol–water partition coefficient (Wildman–Crippen LogP) is 4.48. The standard InChI is InChI=1S/C30H36ClN3O4S/c1-4-18(2)22(17-35)34-25(27(37)33-21-12-10-20(31)11-13-21)30-15-14-29(3,39-30)23(24(30)28(34)38)26(36)32-16-19-8-6-5-7-9-19/h5-13,18,22-25,35H,4,14-17H2,1-3H3,(H,32,36)(H,33,37)/t18-,22-,23-,24-,25?,29+,30?/m0/s1. The minimum Gasteiger partial charge on any atom is -0.394 e. The lowest BCUT2D eigenvalue weighted by atomic mass is 9.66. The summed E-state index contributed by atoms with van der Waals surface area (Å²) in [5.74, 6) is -1.89. The highest BCUT2D eigenvalue weighted by molar-refractivity contribution is 8.02. The molecule has 2 unspecified atom stereocenters. The van der Waals surface area contributed by atoms with Gasteiger partial charge < -0.3 is 20.6 Å². The van der Waals surface area contributed by atoms with Gasteiger partial charge in [0, 0.05) is 22.0 Å². The molecule has 7 atom stereocenters. The van der Waals surface area contributed by atoms with Crippen LogP contribution in [0.4, 0.5) is 5.69 Å². The summed E-state index contributed by atoms with van der Waals surface area (Å²) in [4.78, 5) is 43.8. The number of hydrogen-bond donors (Lipinski definition) is 3. The van der Waals surface area contributed by atoms with E-state index >= 15 is 0 Å². The fraction of sp³-hybridized carbons (Fsp3) is 0.500. The molecule has 2 aromatic carbocycles. The number of benzene rings is 2. The van der Waals surface area contributed by atoms with Crippen molar-refractivity contribution in [2.75, 3.05) is 11.9 Å². The molecule has 208 valence electrons. The second kappa shape index (κ2) is 10.8. The average Bonchev–Trinajstić information content (AvgIpc) is 3.50. The number of hydrogen-bond acceptors (Lipinski definition) is 5. The topological polar surface area (TPSA) is 98.7 Å². The second-order valence-electron chi connectivity index (χ2n) is 11.3. The summed E-state index contributed by atoms with van der Waals surface area (Å²) in [6, 6.07) is 15.2. The molecule has 3 fully saturated rings. The number of rotatable bonds is 9. The van der Waals surface area contributed by atoms with Crippen molar-refractivity contribution in [3.63, 3.8) is 0 Å². The third-order valence-electron chi connectivity index (χ3n) is 9.01. The van der Waals surface area contributed by atoms with E-state index in [-0.39, 0.29) is 30.2 Å². The van der Waals surface area contributed by atoms with Gasteiger partial charge in [-0.2, -0.15) is 0 Å². The molecule has 9 heteroatoms. The van der Waals surface area contributed by atoms with E-state index in [4.69, 9.17) is 11.6 Å². The lowest BCUT2D eigenvalue weighted by molar-refractivity contribution is -0.143. The maximum atomic E-state index is 14.4. The maximum absolute atomic E-state index is 14.4. The van der Waals surface area contributed by atoms with Gasteiger partial charge in [-0.1, -0.05) is 62.2 Å². The van der Waals surface area contributed by atoms with Gasteiger partial charge in [-0.25, -0.2) is 0 Å². The van der Waals surface area contributed by atoms with Gasteiger partial charge in [0.2, 0.25) is 17.7 Å².